The van der Waals surface area contributed by atoms with Gasteiger partial charge < -0.3 is 10.4 Å². The van der Waals surface area contributed by atoms with E-state index in [1.807, 2.05) is 6.92 Å². The average Bonchev–Trinajstić information content (AvgIpc) is 2.48. The van der Waals surface area contributed by atoms with Crippen LogP contribution in [0, 0.1) is 0 Å². The normalized spacial score (nSPS) is 18.7. The molecule has 2 rings (SSSR count). The number of carboxylic acid groups (broad SMARTS) is 1. The maximum absolute atomic E-state index is 13.0. The highest BCUT2D eigenvalue weighted by atomic mass is 32.2. The van der Waals surface area contributed by atoms with Crippen LogP contribution in [0.2, 0.25) is 0 Å². The van der Waals surface area contributed by atoms with E-state index in [0.717, 1.165) is 22.7 Å². The lowest BCUT2D eigenvalue weighted by molar-refractivity contribution is -0.137. The summed E-state index contributed by atoms with van der Waals surface area (Å²) in [7, 11) is 0. The van der Waals surface area contributed by atoms with Crippen LogP contribution in [-0.4, -0.2) is 16.8 Å². The van der Waals surface area contributed by atoms with E-state index < -0.39 is 23.6 Å². The van der Waals surface area contributed by atoms with Crippen LogP contribution in [0.1, 0.15) is 37.8 Å². The third kappa shape index (κ3) is 3.61. The Hall–Kier alpha value is -1.89. The van der Waals surface area contributed by atoms with Crippen molar-refractivity contribution in [3.05, 3.63) is 57.3 Å². The molecule has 0 saturated carbocycles. The summed E-state index contributed by atoms with van der Waals surface area (Å²) >= 11 is 1.44. The van der Waals surface area contributed by atoms with Gasteiger partial charge in [0.15, 0.2) is 0 Å². The first-order chi connectivity index (χ1) is 11.2. The van der Waals surface area contributed by atoms with E-state index in [1.165, 1.54) is 17.8 Å². The van der Waals surface area contributed by atoms with Gasteiger partial charge in [0.25, 0.3) is 0 Å². The van der Waals surface area contributed by atoms with Gasteiger partial charge >= 0.3 is 12.1 Å². The number of carboxylic acids is 1. The van der Waals surface area contributed by atoms with E-state index in [0.29, 0.717) is 17.0 Å². The molecule has 1 atom stereocenters. The maximum Gasteiger partial charge on any atom is 0.416 e. The molecule has 2 N–H and O–H groups in total. The summed E-state index contributed by atoms with van der Waals surface area (Å²) < 4.78 is 39.1. The van der Waals surface area contributed by atoms with Crippen LogP contribution in [0.3, 0.4) is 0 Å². The minimum absolute atomic E-state index is 0.0795. The van der Waals surface area contributed by atoms with Gasteiger partial charge in [-0.2, -0.15) is 13.2 Å². The van der Waals surface area contributed by atoms with Crippen LogP contribution in [0.25, 0.3) is 0 Å². The molecule has 1 aliphatic rings. The topological polar surface area (TPSA) is 49.3 Å². The number of benzene rings is 1. The van der Waals surface area contributed by atoms with E-state index in [2.05, 4.69) is 5.32 Å². The fourth-order valence-corrected chi connectivity index (χ4v) is 3.82. The molecule has 1 unspecified atom stereocenters. The zero-order chi connectivity index (χ0) is 18.1. The van der Waals surface area contributed by atoms with E-state index in [4.69, 9.17) is 0 Å². The molecule has 1 heterocycles. The molecule has 1 aromatic carbocycles. The smallest absolute Gasteiger partial charge is 0.416 e. The second-order valence-corrected chi connectivity index (χ2v) is 6.75. The fraction of sp³-hybridized carbons (Fsp3) is 0.353. The molecule has 0 amide bonds. The van der Waals surface area contributed by atoms with Gasteiger partial charge in [0.1, 0.15) is 0 Å². The quantitative estimate of drug-likeness (QED) is 0.817. The highest BCUT2D eigenvalue weighted by Gasteiger charge is 2.35. The average molecular weight is 357 g/mol. The molecule has 130 valence electrons. The maximum atomic E-state index is 13.0. The number of aliphatic carboxylic acids is 1. The number of carbonyl (C=O) groups is 1. The lowest BCUT2D eigenvalue weighted by Gasteiger charge is -2.30. The molecular weight excluding hydrogens is 339 g/mol. The first-order valence-electron chi connectivity index (χ1n) is 7.38. The molecular formula is C17H18F3NO2S. The molecule has 7 heteroatoms. The van der Waals surface area contributed by atoms with Gasteiger partial charge in [-0.15, -0.1) is 11.8 Å². The highest BCUT2D eigenvalue weighted by molar-refractivity contribution is 8.03. The minimum Gasteiger partial charge on any atom is -0.478 e. The molecule has 0 aromatic heterocycles. The van der Waals surface area contributed by atoms with Crippen molar-refractivity contribution < 1.29 is 23.1 Å². The predicted octanol–water partition coefficient (Wildman–Crippen LogP) is 4.74. The number of nitrogens with one attached hydrogen (secondary N) is 1. The Morgan fingerprint density at radius 1 is 1.29 bits per heavy atom. The van der Waals surface area contributed by atoms with Gasteiger partial charge in [-0.25, -0.2) is 4.79 Å². The summed E-state index contributed by atoms with van der Waals surface area (Å²) in [4.78, 5) is 12.5. The van der Waals surface area contributed by atoms with Crippen molar-refractivity contribution in [3.8, 4) is 0 Å². The Bertz CT molecular complexity index is 723. The largest absolute Gasteiger partial charge is 0.478 e. The van der Waals surface area contributed by atoms with Gasteiger partial charge in [0.2, 0.25) is 0 Å². The SMILES string of the molecule is CCSC1=C(C)NC(C)=C(C(=O)O)C1c1cccc(C(F)(F)F)c1. The van der Waals surface area contributed by atoms with E-state index in [9.17, 15) is 23.1 Å². The van der Waals surface area contributed by atoms with Crippen LogP contribution in [0.15, 0.2) is 46.1 Å². The zero-order valence-corrected chi connectivity index (χ0v) is 14.3. The summed E-state index contributed by atoms with van der Waals surface area (Å²) in [6.07, 6.45) is -4.47. The lowest BCUT2D eigenvalue weighted by atomic mass is 9.86. The summed E-state index contributed by atoms with van der Waals surface area (Å²) in [5, 5.41) is 12.6. The monoisotopic (exact) mass is 357 g/mol. The van der Waals surface area contributed by atoms with Crippen molar-refractivity contribution in [2.45, 2.75) is 32.9 Å². The predicted molar refractivity (Wildman–Crippen MR) is 88.5 cm³/mol. The van der Waals surface area contributed by atoms with Crippen molar-refractivity contribution in [3.63, 3.8) is 0 Å². The number of alkyl halides is 3. The van der Waals surface area contributed by atoms with Gasteiger partial charge in [-0.3, -0.25) is 0 Å². The summed E-state index contributed by atoms with van der Waals surface area (Å²) in [6.45, 7) is 5.35. The van der Waals surface area contributed by atoms with Crippen molar-refractivity contribution in [2.75, 3.05) is 5.75 Å². The summed E-state index contributed by atoms with van der Waals surface area (Å²) in [5.74, 6) is -1.16. The summed E-state index contributed by atoms with van der Waals surface area (Å²) in [5.41, 5.74) is 0.850. The Balaban J connectivity index is 2.64. The van der Waals surface area contributed by atoms with Crippen LogP contribution in [0.5, 0.6) is 0 Å². The molecule has 1 aromatic rings. The van der Waals surface area contributed by atoms with Gasteiger partial charge in [-0.1, -0.05) is 25.1 Å². The van der Waals surface area contributed by atoms with Crippen molar-refractivity contribution in [2.24, 2.45) is 0 Å². The fourth-order valence-electron chi connectivity index (χ4n) is 2.82. The number of rotatable bonds is 4. The Kier molecular flexibility index (Phi) is 5.32. The second-order valence-electron chi connectivity index (χ2n) is 5.45. The Labute approximate surface area is 142 Å². The Morgan fingerprint density at radius 3 is 2.50 bits per heavy atom. The molecule has 24 heavy (non-hydrogen) atoms. The van der Waals surface area contributed by atoms with E-state index in [-0.39, 0.29) is 5.57 Å². The first kappa shape index (κ1) is 18.4. The molecule has 0 saturated heterocycles. The van der Waals surface area contributed by atoms with Crippen LogP contribution >= 0.6 is 11.8 Å². The second kappa shape index (κ2) is 6.93. The van der Waals surface area contributed by atoms with Crippen LogP contribution in [0.4, 0.5) is 13.2 Å². The van der Waals surface area contributed by atoms with Crippen LogP contribution < -0.4 is 5.32 Å². The molecule has 0 spiro atoms. The number of dihydropyridines is 1. The molecule has 0 fully saturated rings. The van der Waals surface area contributed by atoms with E-state index >= 15 is 0 Å². The first-order valence-corrected chi connectivity index (χ1v) is 8.37. The molecule has 0 bridgehead atoms. The number of halogens is 3. The number of thioether (sulfide) groups is 1. The highest BCUT2D eigenvalue weighted by Crippen LogP contribution is 2.44. The third-order valence-corrected chi connectivity index (χ3v) is 4.92. The van der Waals surface area contributed by atoms with Crippen molar-refractivity contribution >= 4 is 17.7 Å². The van der Waals surface area contributed by atoms with Crippen LogP contribution in [-0.2, 0) is 11.0 Å². The molecule has 0 aliphatic carbocycles. The zero-order valence-electron chi connectivity index (χ0n) is 13.5. The number of allylic oxidation sites excluding steroid dienone is 3. The molecule has 1 aliphatic heterocycles. The van der Waals surface area contributed by atoms with Crippen molar-refractivity contribution in [1.82, 2.24) is 5.32 Å². The van der Waals surface area contributed by atoms with E-state index in [1.54, 1.807) is 19.9 Å². The number of hydrogen-bond acceptors (Lipinski definition) is 3. The van der Waals surface area contributed by atoms with Gasteiger partial charge in [0, 0.05) is 16.3 Å². The minimum atomic E-state index is -4.47. The molecule has 3 nitrogen and oxygen atoms in total. The number of hydrogen-bond donors (Lipinski definition) is 2. The lowest BCUT2D eigenvalue weighted by Crippen LogP contribution is -2.27. The van der Waals surface area contributed by atoms with Crippen molar-refractivity contribution in [1.29, 1.82) is 0 Å². The Morgan fingerprint density at radius 2 is 1.96 bits per heavy atom. The molecule has 0 radical (unpaired) electrons. The third-order valence-electron chi connectivity index (χ3n) is 3.78. The van der Waals surface area contributed by atoms with Gasteiger partial charge in [0.05, 0.1) is 17.1 Å². The summed E-state index contributed by atoms with van der Waals surface area (Å²) in [6, 6.07) is 4.89. The standard InChI is InChI=1S/C17H18F3NO2S/c1-4-24-15-10(3)21-9(2)13(16(22)23)14(15)11-6-5-7-12(8-11)17(18,19)20/h5-8,14,21H,4H2,1-3H3,(H,22,23). The van der Waals surface area contributed by atoms with Gasteiger partial charge in [-0.05, 0) is 31.2 Å².